The zero-order chi connectivity index (χ0) is 11.5. The minimum atomic E-state index is 0.151. The Morgan fingerprint density at radius 2 is 1.29 bits per heavy atom. The molecule has 0 amide bonds. The number of rotatable bonds is 1. The van der Waals surface area contributed by atoms with Gasteiger partial charge in [0.1, 0.15) is 0 Å². The van der Waals surface area contributed by atoms with Crippen LogP contribution in [0.1, 0.15) is 44.1 Å². The maximum atomic E-state index is 11.2. The molecule has 4 bridgehead atoms. The van der Waals surface area contributed by atoms with Gasteiger partial charge in [0.25, 0.3) is 0 Å². The van der Waals surface area contributed by atoms with Crippen molar-refractivity contribution in [1.29, 1.82) is 0 Å². The summed E-state index contributed by atoms with van der Waals surface area (Å²) in [5.41, 5.74) is 1.90. The number of hydrogen-bond acceptors (Lipinski definition) is 0. The van der Waals surface area contributed by atoms with Crippen LogP contribution in [0.2, 0.25) is 0 Å². The van der Waals surface area contributed by atoms with Crippen LogP contribution < -0.4 is 0 Å². The van der Waals surface area contributed by atoms with E-state index in [4.69, 9.17) is 0 Å². The van der Waals surface area contributed by atoms with Crippen LogP contribution in [-0.4, -0.2) is 0 Å². The van der Waals surface area contributed by atoms with E-state index in [1.54, 1.807) is 12.1 Å². The Morgan fingerprint density at radius 3 is 1.76 bits per heavy atom. The van der Waals surface area contributed by atoms with Crippen molar-refractivity contribution >= 4 is 0 Å². The van der Waals surface area contributed by atoms with Crippen molar-refractivity contribution in [1.82, 2.24) is 0 Å². The molecule has 0 aromatic heterocycles. The topological polar surface area (TPSA) is 19.9 Å². The molecule has 89 valence electrons. The predicted octanol–water partition coefficient (Wildman–Crippen LogP) is 4.30. The molecule has 1 aromatic carbocycles. The molecule has 0 atom stereocenters. The first-order chi connectivity index (χ1) is 8.23. The van der Waals surface area contributed by atoms with Crippen molar-refractivity contribution in [3.05, 3.63) is 29.8 Å². The number of hydrogen-bond donors (Lipinski definition) is 0. The second-order valence-electron chi connectivity index (χ2n) is 6.72. The summed E-state index contributed by atoms with van der Waals surface area (Å²) >= 11 is 0. The standard InChI is InChI=1S/C16H19O/c17-15-3-1-14(2-4-15)16-8-11-5-12(9-16)7-13(6-11)10-16/h1-4,11-13H,5-10H2. The molecule has 5 rings (SSSR count). The third-order valence-electron chi connectivity index (χ3n) is 5.50. The molecule has 0 unspecified atom stereocenters. The normalized spacial score (nSPS) is 42.9. The zero-order valence-electron chi connectivity index (χ0n) is 10.2. The van der Waals surface area contributed by atoms with E-state index >= 15 is 0 Å². The molecular weight excluding hydrogens is 208 g/mol. The fraction of sp³-hybridized carbons (Fsp3) is 0.625. The fourth-order valence-corrected chi connectivity index (χ4v) is 5.27. The first-order valence-electron chi connectivity index (χ1n) is 7.01. The quantitative estimate of drug-likeness (QED) is 0.681. The molecule has 0 heterocycles. The molecule has 1 radical (unpaired) electrons. The third-order valence-corrected chi connectivity index (χ3v) is 5.50. The van der Waals surface area contributed by atoms with E-state index in [2.05, 4.69) is 12.1 Å². The summed E-state index contributed by atoms with van der Waals surface area (Å²) in [6, 6.07) is 7.73. The van der Waals surface area contributed by atoms with Crippen molar-refractivity contribution in [3.8, 4) is 5.75 Å². The zero-order valence-corrected chi connectivity index (χ0v) is 10.2. The minimum Gasteiger partial charge on any atom is -0.290 e. The number of benzene rings is 1. The monoisotopic (exact) mass is 227 g/mol. The van der Waals surface area contributed by atoms with Crippen molar-refractivity contribution in [2.24, 2.45) is 17.8 Å². The van der Waals surface area contributed by atoms with Gasteiger partial charge in [-0.2, -0.15) is 0 Å². The van der Waals surface area contributed by atoms with E-state index in [-0.39, 0.29) is 5.75 Å². The van der Waals surface area contributed by atoms with Gasteiger partial charge < -0.3 is 0 Å². The van der Waals surface area contributed by atoms with Crippen LogP contribution in [0.25, 0.3) is 0 Å². The van der Waals surface area contributed by atoms with Crippen LogP contribution >= 0.6 is 0 Å². The van der Waals surface area contributed by atoms with Gasteiger partial charge in [0.2, 0.25) is 0 Å². The Kier molecular flexibility index (Phi) is 1.93. The van der Waals surface area contributed by atoms with E-state index < -0.39 is 0 Å². The summed E-state index contributed by atoms with van der Waals surface area (Å²) < 4.78 is 0. The highest BCUT2D eigenvalue weighted by atomic mass is 16.3. The second kappa shape index (κ2) is 3.28. The summed E-state index contributed by atoms with van der Waals surface area (Å²) in [5, 5.41) is 11.2. The summed E-state index contributed by atoms with van der Waals surface area (Å²) in [5.74, 6) is 3.09. The summed E-state index contributed by atoms with van der Waals surface area (Å²) in [6.45, 7) is 0. The maximum Gasteiger partial charge on any atom is 0.178 e. The van der Waals surface area contributed by atoms with Crippen LogP contribution in [0.15, 0.2) is 24.3 Å². The molecule has 0 aliphatic heterocycles. The van der Waals surface area contributed by atoms with E-state index in [0.29, 0.717) is 5.41 Å². The smallest absolute Gasteiger partial charge is 0.178 e. The van der Waals surface area contributed by atoms with Gasteiger partial charge in [0.05, 0.1) is 0 Å². The largest absolute Gasteiger partial charge is 0.290 e. The van der Waals surface area contributed by atoms with E-state index in [9.17, 15) is 5.11 Å². The van der Waals surface area contributed by atoms with Gasteiger partial charge >= 0.3 is 0 Å². The molecule has 4 aliphatic carbocycles. The van der Waals surface area contributed by atoms with Crippen LogP contribution in [0.5, 0.6) is 5.75 Å². The average molecular weight is 227 g/mol. The van der Waals surface area contributed by atoms with Gasteiger partial charge in [-0.1, -0.05) is 12.1 Å². The molecule has 4 saturated carbocycles. The van der Waals surface area contributed by atoms with Crippen molar-refractivity contribution in [2.45, 2.75) is 43.9 Å². The molecule has 1 aromatic rings. The fourth-order valence-electron chi connectivity index (χ4n) is 5.27. The van der Waals surface area contributed by atoms with Crippen molar-refractivity contribution < 1.29 is 5.11 Å². The lowest BCUT2D eigenvalue weighted by molar-refractivity contribution is -0.00520. The lowest BCUT2D eigenvalue weighted by Crippen LogP contribution is -2.48. The van der Waals surface area contributed by atoms with Crippen LogP contribution in [0.3, 0.4) is 0 Å². The Balaban J connectivity index is 1.74. The third kappa shape index (κ3) is 1.44. The lowest BCUT2D eigenvalue weighted by atomic mass is 9.48. The van der Waals surface area contributed by atoms with Crippen LogP contribution in [-0.2, 0) is 10.5 Å². The van der Waals surface area contributed by atoms with E-state index in [0.717, 1.165) is 17.8 Å². The Hall–Kier alpha value is -0.980. The molecule has 4 aliphatic rings. The van der Waals surface area contributed by atoms with Gasteiger partial charge in [0, 0.05) is 0 Å². The first kappa shape index (κ1) is 9.99. The Bertz CT molecular complexity index is 396. The lowest BCUT2D eigenvalue weighted by Gasteiger charge is -2.57. The molecule has 17 heavy (non-hydrogen) atoms. The summed E-state index contributed by atoms with van der Waals surface area (Å²) in [4.78, 5) is 0. The molecule has 1 heteroatoms. The van der Waals surface area contributed by atoms with E-state index in [1.807, 2.05) is 0 Å². The summed E-state index contributed by atoms with van der Waals surface area (Å²) in [7, 11) is 0. The van der Waals surface area contributed by atoms with Gasteiger partial charge in [-0.25, -0.2) is 0 Å². The van der Waals surface area contributed by atoms with Gasteiger partial charge in [0.15, 0.2) is 5.75 Å². The Morgan fingerprint density at radius 1 is 0.824 bits per heavy atom. The molecule has 4 fully saturated rings. The highest BCUT2D eigenvalue weighted by molar-refractivity contribution is 5.33. The van der Waals surface area contributed by atoms with Crippen molar-refractivity contribution in [2.75, 3.05) is 0 Å². The molecule has 0 spiro atoms. The SMILES string of the molecule is [O]c1ccc(C23CC4CC(CC(C4)C2)C3)cc1. The van der Waals surface area contributed by atoms with Gasteiger partial charge in [-0.3, -0.25) is 5.11 Å². The van der Waals surface area contributed by atoms with Gasteiger partial charge in [-0.05, 0) is 79.4 Å². The first-order valence-corrected chi connectivity index (χ1v) is 7.01. The predicted molar refractivity (Wildman–Crippen MR) is 66.4 cm³/mol. The molecule has 0 N–H and O–H groups in total. The highest BCUT2D eigenvalue weighted by Gasteiger charge is 2.51. The average Bonchev–Trinajstić information content (AvgIpc) is 2.27. The van der Waals surface area contributed by atoms with Crippen molar-refractivity contribution in [3.63, 3.8) is 0 Å². The van der Waals surface area contributed by atoms with Crippen LogP contribution in [0, 0.1) is 17.8 Å². The molecular formula is C16H19O. The molecule has 1 nitrogen and oxygen atoms in total. The molecule has 0 saturated heterocycles. The van der Waals surface area contributed by atoms with Crippen LogP contribution in [0.4, 0.5) is 0 Å². The highest BCUT2D eigenvalue weighted by Crippen LogP contribution is 2.60. The second-order valence-corrected chi connectivity index (χ2v) is 6.72. The minimum absolute atomic E-state index is 0.151. The Labute approximate surface area is 103 Å². The maximum absolute atomic E-state index is 11.2. The van der Waals surface area contributed by atoms with E-state index in [1.165, 1.54) is 44.1 Å². The summed E-state index contributed by atoms with van der Waals surface area (Å²) in [6.07, 6.45) is 8.61. The van der Waals surface area contributed by atoms with Gasteiger partial charge in [-0.15, -0.1) is 0 Å².